The zero-order chi connectivity index (χ0) is 15.8. The van der Waals surface area contributed by atoms with Crippen LogP contribution in [-0.2, 0) is 23.3 Å². The van der Waals surface area contributed by atoms with E-state index < -0.39 is 9.84 Å². The first-order valence-electron chi connectivity index (χ1n) is 6.21. The predicted octanol–water partition coefficient (Wildman–Crippen LogP) is 2.21. The standard InChI is InChI=1S/C14H15ClN2O3S/c1-9-12(14(15)17(2)16-9)8-13(18)10-4-6-11(7-5-10)21(3,19)20/h4-7H,8H2,1-3H3. The summed E-state index contributed by atoms with van der Waals surface area (Å²) < 4.78 is 24.3. The van der Waals surface area contributed by atoms with Crippen molar-refractivity contribution in [1.29, 1.82) is 0 Å². The van der Waals surface area contributed by atoms with Gasteiger partial charge in [-0.1, -0.05) is 23.7 Å². The largest absolute Gasteiger partial charge is 0.294 e. The maximum atomic E-state index is 12.2. The summed E-state index contributed by atoms with van der Waals surface area (Å²) in [7, 11) is -1.55. The van der Waals surface area contributed by atoms with Gasteiger partial charge in [-0.2, -0.15) is 5.10 Å². The smallest absolute Gasteiger partial charge is 0.175 e. The maximum Gasteiger partial charge on any atom is 0.175 e. The van der Waals surface area contributed by atoms with Crippen molar-refractivity contribution in [2.24, 2.45) is 7.05 Å². The molecule has 112 valence electrons. The monoisotopic (exact) mass is 326 g/mol. The summed E-state index contributed by atoms with van der Waals surface area (Å²) >= 11 is 6.10. The Morgan fingerprint density at radius 3 is 2.29 bits per heavy atom. The fraction of sp³-hybridized carbons (Fsp3) is 0.286. The molecule has 2 rings (SSSR count). The van der Waals surface area contributed by atoms with E-state index in [1.54, 1.807) is 14.0 Å². The molecule has 1 aromatic carbocycles. The van der Waals surface area contributed by atoms with Crippen molar-refractivity contribution in [2.75, 3.05) is 6.26 Å². The number of ketones is 1. The lowest BCUT2D eigenvalue weighted by atomic mass is 10.0. The van der Waals surface area contributed by atoms with Crippen molar-refractivity contribution in [3.05, 3.63) is 46.2 Å². The summed E-state index contributed by atoms with van der Waals surface area (Å²) in [6.45, 7) is 1.79. The average molecular weight is 327 g/mol. The Hall–Kier alpha value is -1.66. The number of benzene rings is 1. The quantitative estimate of drug-likeness (QED) is 0.808. The van der Waals surface area contributed by atoms with E-state index >= 15 is 0 Å². The van der Waals surface area contributed by atoms with Gasteiger partial charge in [0, 0.05) is 30.9 Å². The van der Waals surface area contributed by atoms with Crippen LogP contribution >= 0.6 is 11.6 Å². The number of rotatable bonds is 4. The summed E-state index contributed by atoms with van der Waals surface area (Å²) in [6.07, 6.45) is 1.26. The van der Waals surface area contributed by atoms with Crippen LogP contribution in [0.25, 0.3) is 0 Å². The second-order valence-electron chi connectivity index (χ2n) is 4.87. The topological polar surface area (TPSA) is 69.0 Å². The Morgan fingerprint density at radius 2 is 1.86 bits per heavy atom. The van der Waals surface area contributed by atoms with Gasteiger partial charge in [0.05, 0.1) is 10.6 Å². The average Bonchev–Trinajstić information content (AvgIpc) is 2.64. The van der Waals surface area contributed by atoms with E-state index in [0.29, 0.717) is 22.0 Å². The van der Waals surface area contributed by atoms with Crippen LogP contribution in [0, 0.1) is 6.92 Å². The van der Waals surface area contributed by atoms with Gasteiger partial charge in [-0.15, -0.1) is 0 Å². The highest BCUT2D eigenvalue weighted by Gasteiger charge is 2.16. The minimum atomic E-state index is -3.26. The fourth-order valence-electron chi connectivity index (χ4n) is 2.03. The van der Waals surface area contributed by atoms with E-state index in [9.17, 15) is 13.2 Å². The van der Waals surface area contributed by atoms with E-state index in [-0.39, 0.29) is 17.1 Å². The molecular formula is C14H15ClN2O3S. The van der Waals surface area contributed by atoms with Gasteiger partial charge in [0.1, 0.15) is 5.15 Å². The minimum Gasteiger partial charge on any atom is -0.294 e. The molecule has 1 heterocycles. The van der Waals surface area contributed by atoms with Gasteiger partial charge in [0.2, 0.25) is 0 Å². The highest BCUT2D eigenvalue weighted by Crippen LogP contribution is 2.21. The Balaban J connectivity index is 2.25. The fourth-order valence-corrected chi connectivity index (χ4v) is 2.90. The summed E-state index contributed by atoms with van der Waals surface area (Å²) in [4.78, 5) is 12.4. The summed E-state index contributed by atoms with van der Waals surface area (Å²) in [5.41, 5.74) is 1.85. The Bertz CT molecular complexity index is 792. The van der Waals surface area contributed by atoms with Crippen molar-refractivity contribution in [3.63, 3.8) is 0 Å². The maximum absolute atomic E-state index is 12.2. The molecule has 0 radical (unpaired) electrons. The van der Waals surface area contributed by atoms with Crippen LogP contribution < -0.4 is 0 Å². The Kier molecular flexibility index (Phi) is 4.20. The van der Waals surface area contributed by atoms with Crippen LogP contribution in [0.2, 0.25) is 5.15 Å². The molecule has 0 aliphatic carbocycles. The Labute approximate surface area is 128 Å². The predicted molar refractivity (Wildman–Crippen MR) is 80.5 cm³/mol. The lowest BCUT2D eigenvalue weighted by molar-refractivity contribution is 0.0992. The first-order chi connectivity index (χ1) is 9.70. The molecule has 21 heavy (non-hydrogen) atoms. The first kappa shape index (κ1) is 15.7. The van der Waals surface area contributed by atoms with Gasteiger partial charge < -0.3 is 0 Å². The highest BCUT2D eigenvalue weighted by atomic mass is 35.5. The molecule has 0 spiro atoms. The van der Waals surface area contributed by atoms with E-state index in [4.69, 9.17) is 11.6 Å². The SMILES string of the molecule is Cc1nn(C)c(Cl)c1CC(=O)c1ccc(S(C)(=O)=O)cc1. The van der Waals surface area contributed by atoms with Gasteiger partial charge in [-0.3, -0.25) is 9.48 Å². The van der Waals surface area contributed by atoms with Crippen molar-refractivity contribution < 1.29 is 13.2 Å². The number of nitrogens with zero attached hydrogens (tertiary/aromatic N) is 2. The van der Waals surface area contributed by atoms with Crippen LogP contribution in [0.1, 0.15) is 21.6 Å². The number of aromatic nitrogens is 2. The second kappa shape index (κ2) is 5.61. The van der Waals surface area contributed by atoms with Gasteiger partial charge >= 0.3 is 0 Å². The molecule has 1 aromatic heterocycles. The van der Waals surface area contributed by atoms with Crippen LogP contribution in [0.3, 0.4) is 0 Å². The molecule has 0 saturated carbocycles. The number of aryl methyl sites for hydroxylation is 2. The molecule has 0 N–H and O–H groups in total. The molecule has 0 bridgehead atoms. The van der Waals surface area contributed by atoms with Gasteiger partial charge in [0.15, 0.2) is 15.6 Å². The molecule has 0 atom stereocenters. The van der Waals surface area contributed by atoms with E-state index in [2.05, 4.69) is 5.10 Å². The molecule has 0 aliphatic heterocycles. The molecule has 0 saturated heterocycles. The van der Waals surface area contributed by atoms with Crippen molar-refractivity contribution in [1.82, 2.24) is 9.78 Å². The molecule has 0 aliphatic rings. The minimum absolute atomic E-state index is 0.131. The normalized spacial score (nSPS) is 11.6. The molecule has 5 nitrogen and oxygen atoms in total. The second-order valence-corrected chi connectivity index (χ2v) is 7.25. The molecule has 7 heteroatoms. The van der Waals surface area contributed by atoms with Crippen LogP contribution in [0.15, 0.2) is 29.2 Å². The van der Waals surface area contributed by atoms with Crippen LogP contribution in [0.5, 0.6) is 0 Å². The molecule has 0 amide bonds. The van der Waals surface area contributed by atoms with E-state index in [1.165, 1.54) is 28.9 Å². The molecular weight excluding hydrogens is 312 g/mol. The third kappa shape index (κ3) is 3.33. The number of hydrogen-bond donors (Lipinski definition) is 0. The number of carbonyl (C=O) groups excluding carboxylic acids is 1. The zero-order valence-electron chi connectivity index (χ0n) is 11.9. The van der Waals surface area contributed by atoms with E-state index in [1.807, 2.05) is 0 Å². The number of carbonyl (C=O) groups is 1. The van der Waals surface area contributed by atoms with Crippen molar-refractivity contribution in [3.8, 4) is 0 Å². The zero-order valence-corrected chi connectivity index (χ0v) is 13.5. The first-order valence-corrected chi connectivity index (χ1v) is 8.48. The number of Topliss-reactive ketones (excluding diaryl/α,β-unsaturated/α-hetero) is 1. The summed E-state index contributed by atoms with van der Waals surface area (Å²) in [5.74, 6) is -0.131. The van der Waals surface area contributed by atoms with Crippen molar-refractivity contribution in [2.45, 2.75) is 18.2 Å². The number of hydrogen-bond acceptors (Lipinski definition) is 4. The third-order valence-electron chi connectivity index (χ3n) is 3.21. The van der Waals surface area contributed by atoms with Crippen molar-refractivity contribution >= 4 is 27.2 Å². The van der Waals surface area contributed by atoms with E-state index in [0.717, 1.165) is 6.26 Å². The summed E-state index contributed by atoms with van der Waals surface area (Å²) in [6, 6.07) is 5.89. The highest BCUT2D eigenvalue weighted by molar-refractivity contribution is 7.90. The number of halogens is 1. The lowest BCUT2D eigenvalue weighted by Crippen LogP contribution is -2.05. The third-order valence-corrected chi connectivity index (χ3v) is 4.81. The van der Waals surface area contributed by atoms with Gasteiger partial charge in [-0.25, -0.2) is 8.42 Å². The van der Waals surface area contributed by atoms with Gasteiger partial charge in [0.25, 0.3) is 0 Å². The van der Waals surface area contributed by atoms with Gasteiger partial charge in [-0.05, 0) is 19.1 Å². The van der Waals surface area contributed by atoms with Crippen LogP contribution in [-0.4, -0.2) is 30.2 Å². The molecule has 2 aromatic rings. The molecule has 0 unspecified atom stereocenters. The molecule has 0 fully saturated rings. The summed E-state index contributed by atoms with van der Waals surface area (Å²) in [5, 5.41) is 4.60. The lowest BCUT2D eigenvalue weighted by Gasteiger charge is -2.03. The number of sulfone groups is 1. The Morgan fingerprint density at radius 1 is 1.29 bits per heavy atom. The van der Waals surface area contributed by atoms with Crippen LogP contribution in [0.4, 0.5) is 0 Å².